The van der Waals surface area contributed by atoms with Crippen LogP contribution in [0.15, 0.2) is 61.3 Å². The normalized spacial score (nSPS) is 12.9. The van der Waals surface area contributed by atoms with Gasteiger partial charge in [-0.15, -0.1) is 5.10 Å². The molecule has 1 aromatic carbocycles. The van der Waals surface area contributed by atoms with Crippen LogP contribution in [0, 0.1) is 0 Å². The van der Waals surface area contributed by atoms with Gasteiger partial charge in [0.15, 0.2) is 5.82 Å². The predicted octanol–water partition coefficient (Wildman–Crippen LogP) is 4.99. The zero-order valence-electron chi connectivity index (χ0n) is 19.2. The van der Waals surface area contributed by atoms with Crippen LogP contribution in [-0.2, 0) is 12.4 Å². The first-order chi connectivity index (χ1) is 17.4. The molecule has 192 valence electrons. The standard InChI is InChI=1S/C23H17F6N7O/c1-13(35(2)21(37)14-9-15(22(24,25)26)11-16(10-14)23(27,28)29)18-19(32-8-7-31-18)20-33-12-36(34-20)17-5-3-4-6-30-17/h3-13H,1-2H3. The Hall–Kier alpha value is -4.36. The first-order valence-corrected chi connectivity index (χ1v) is 10.6. The topological polar surface area (TPSA) is 89.7 Å². The summed E-state index contributed by atoms with van der Waals surface area (Å²) in [5.41, 5.74) is -3.60. The minimum atomic E-state index is -5.09. The average molecular weight is 521 g/mol. The molecule has 0 saturated carbocycles. The van der Waals surface area contributed by atoms with Gasteiger partial charge < -0.3 is 4.90 Å². The second-order valence-electron chi connectivity index (χ2n) is 7.88. The van der Waals surface area contributed by atoms with Gasteiger partial charge in [-0.3, -0.25) is 9.78 Å². The predicted molar refractivity (Wildman–Crippen MR) is 117 cm³/mol. The maximum atomic E-state index is 13.3. The Morgan fingerprint density at radius 2 is 1.54 bits per heavy atom. The smallest absolute Gasteiger partial charge is 0.333 e. The molecule has 1 amide bonds. The molecule has 1 atom stereocenters. The average Bonchev–Trinajstić information content (AvgIpc) is 3.37. The summed E-state index contributed by atoms with van der Waals surface area (Å²) in [6.07, 6.45) is -4.54. The molecule has 37 heavy (non-hydrogen) atoms. The molecular weight excluding hydrogens is 504 g/mol. The van der Waals surface area contributed by atoms with E-state index in [2.05, 4.69) is 25.0 Å². The van der Waals surface area contributed by atoms with E-state index >= 15 is 0 Å². The number of carbonyl (C=O) groups excluding carboxylic acids is 1. The Kier molecular flexibility index (Phi) is 6.67. The molecule has 3 heterocycles. The van der Waals surface area contributed by atoms with Crippen molar-refractivity contribution in [2.45, 2.75) is 25.3 Å². The van der Waals surface area contributed by atoms with Crippen molar-refractivity contribution in [2.24, 2.45) is 0 Å². The fourth-order valence-corrected chi connectivity index (χ4v) is 3.44. The van der Waals surface area contributed by atoms with Gasteiger partial charge in [0.05, 0.1) is 22.9 Å². The van der Waals surface area contributed by atoms with Crippen LogP contribution < -0.4 is 0 Å². The minimum Gasteiger partial charge on any atom is -0.333 e. The Labute approximate surface area is 205 Å². The lowest BCUT2D eigenvalue weighted by atomic mass is 10.0. The molecular formula is C23H17F6N7O. The number of nitrogens with zero attached hydrogens (tertiary/aromatic N) is 7. The summed E-state index contributed by atoms with van der Waals surface area (Å²) >= 11 is 0. The molecule has 0 aliphatic rings. The summed E-state index contributed by atoms with van der Waals surface area (Å²) in [5, 5.41) is 4.32. The molecule has 14 heteroatoms. The highest BCUT2D eigenvalue weighted by molar-refractivity contribution is 5.95. The van der Waals surface area contributed by atoms with Crippen molar-refractivity contribution in [3.05, 3.63) is 83.7 Å². The second-order valence-corrected chi connectivity index (χ2v) is 7.88. The first kappa shape index (κ1) is 25.7. The van der Waals surface area contributed by atoms with Crippen molar-refractivity contribution >= 4 is 5.91 Å². The van der Waals surface area contributed by atoms with Crippen molar-refractivity contribution in [1.82, 2.24) is 34.6 Å². The molecule has 3 aromatic heterocycles. The van der Waals surface area contributed by atoms with Gasteiger partial charge in [0.1, 0.15) is 12.0 Å². The van der Waals surface area contributed by atoms with Gasteiger partial charge in [0.25, 0.3) is 5.91 Å². The van der Waals surface area contributed by atoms with E-state index in [0.29, 0.717) is 18.0 Å². The monoisotopic (exact) mass is 521 g/mol. The molecule has 0 bridgehead atoms. The number of amides is 1. The molecule has 4 aromatic rings. The molecule has 0 saturated heterocycles. The third kappa shape index (κ3) is 5.42. The van der Waals surface area contributed by atoms with Crippen LogP contribution in [0.2, 0.25) is 0 Å². The summed E-state index contributed by atoms with van der Waals surface area (Å²) in [6, 6.07) is 4.96. The van der Waals surface area contributed by atoms with Gasteiger partial charge in [0, 0.05) is 31.2 Å². The molecule has 0 radical (unpaired) electrons. The van der Waals surface area contributed by atoms with Crippen molar-refractivity contribution in [2.75, 3.05) is 7.05 Å². The van der Waals surface area contributed by atoms with Gasteiger partial charge in [-0.25, -0.2) is 19.6 Å². The molecule has 0 fully saturated rings. The van der Waals surface area contributed by atoms with Crippen molar-refractivity contribution in [1.29, 1.82) is 0 Å². The van der Waals surface area contributed by atoms with E-state index in [1.807, 2.05) is 0 Å². The maximum Gasteiger partial charge on any atom is 0.416 e. The first-order valence-electron chi connectivity index (χ1n) is 10.6. The molecule has 8 nitrogen and oxygen atoms in total. The Morgan fingerprint density at radius 3 is 2.14 bits per heavy atom. The van der Waals surface area contributed by atoms with Crippen molar-refractivity contribution in [3.8, 4) is 17.3 Å². The van der Waals surface area contributed by atoms with Crippen LogP contribution in [0.5, 0.6) is 0 Å². The maximum absolute atomic E-state index is 13.3. The third-order valence-corrected chi connectivity index (χ3v) is 5.45. The van der Waals surface area contributed by atoms with E-state index < -0.39 is 41.0 Å². The highest BCUT2D eigenvalue weighted by Gasteiger charge is 2.38. The zero-order chi connectivity index (χ0) is 27.0. The largest absolute Gasteiger partial charge is 0.416 e. The number of pyridine rings is 1. The van der Waals surface area contributed by atoms with Crippen molar-refractivity contribution < 1.29 is 31.1 Å². The molecule has 1 unspecified atom stereocenters. The fraction of sp³-hybridized carbons (Fsp3) is 0.217. The number of alkyl halides is 6. The Bertz CT molecular complexity index is 1390. The van der Waals surface area contributed by atoms with Crippen LogP contribution in [0.3, 0.4) is 0 Å². The van der Waals surface area contributed by atoms with Gasteiger partial charge in [-0.2, -0.15) is 26.3 Å². The van der Waals surface area contributed by atoms with Gasteiger partial charge in [-0.05, 0) is 37.3 Å². The van der Waals surface area contributed by atoms with Crippen LogP contribution in [0.4, 0.5) is 26.3 Å². The molecule has 4 rings (SSSR count). The number of halogens is 6. The lowest BCUT2D eigenvalue weighted by Crippen LogP contribution is -2.31. The van der Waals surface area contributed by atoms with E-state index in [1.165, 1.54) is 37.4 Å². The number of hydrogen-bond donors (Lipinski definition) is 0. The van der Waals surface area contributed by atoms with E-state index in [-0.39, 0.29) is 23.3 Å². The van der Waals surface area contributed by atoms with Gasteiger partial charge >= 0.3 is 12.4 Å². The summed E-state index contributed by atoms with van der Waals surface area (Å²) in [7, 11) is 1.24. The van der Waals surface area contributed by atoms with Gasteiger partial charge in [0.2, 0.25) is 5.82 Å². The quantitative estimate of drug-likeness (QED) is 0.344. The van der Waals surface area contributed by atoms with Crippen LogP contribution in [0.25, 0.3) is 17.3 Å². The van der Waals surface area contributed by atoms with Crippen LogP contribution >= 0.6 is 0 Å². The highest BCUT2D eigenvalue weighted by atomic mass is 19.4. The second kappa shape index (κ2) is 9.59. The SMILES string of the molecule is CC(c1nccnc1-c1ncn(-c2ccccn2)n1)N(C)C(=O)c1cc(C(F)(F)F)cc(C(F)(F)F)c1. The fourth-order valence-electron chi connectivity index (χ4n) is 3.44. The summed E-state index contributed by atoms with van der Waals surface area (Å²) in [5.74, 6) is -0.482. The van der Waals surface area contributed by atoms with Crippen LogP contribution in [-0.4, -0.2) is 47.6 Å². The number of hydrogen-bond acceptors (Lipinski definition) is 6. The lowest BCUT2D eigenvalue weighted by Gasteiger charge is -2.26. The van der Waals surface area contributed by atoms with E-state index in [4.69, 9.17) is 0 Å². The molecule has 0 aliphatic carbocycles. The lowest BCUT2D eigenvalue weighted by molar-refractivity contribution is -0.143. The third-order valence-electron chi connectivity index (χ3n) is 5.45. The van der Waals surface area contributed by atoms with E-state index in [0.717, 1.165) is 4.90 Å². The highest BCUT2D eigenvalue weighted by Crippen LogP contribution is 2.37. The summed E-state index contributed by atoms with van der Waals surface area (Å²) in [4.78, 5) is 30.8. The van der Waals surface area contributed by atoms with E-state index in [9.17, 15) is 31.1 Å². The minimum absolute atomic E-state index is 0.0371. The summed E-state index contributed by atoms with van der Waals surface area (Å²) < 4.78 is 80.9. The Morgan fingerprint density at radius 1 is 0.892 bits per heavy atom. The zero-order valence-corrected chi connectivity index (χ0v) is 19.2. The Balaban J connectivity index is 1.68. The number of carbonyl (C=O) groups is 1. The van der Waals surface area contributed by atoms with E-state index in [1.54, 1.807) is 24.4 Å². The number of rotatable bonds is 5. The molecule has 0 aliphatic heterocycles. The van der Waals surface area contributed by atoms with Gasteiger partial charge in [-0.1, -0.05) is 6.07 Å². The number of benzene rings is 1. The molecule has 0 spiro atoms. The molecule has 0 N–H and O–H groups in total. The van der Waals surface area contributed by atoms with Crippen LogP contribution in [0.1, 0.15) is 40.1 Å². The number of aromatic nitrogens is 6. The van der Waals surface area contributed by atoms with Crippen molar-refractivity contribution in [3.63, 3.8) is 0 Å². The summed E-state index contributed by atoms with van der Waals surface area (Å²) in [6.45, 7) is 1.50.